The number of carbonyl (C=O) groups is 2. The van der Waals surface area contributed by atoms with Gasteiger partial charge in [0.2, 0.25) is 5.91 Å². The van der Waals surface area contributed by atoms with Crippen molar-refractivity contribution in [3.05, 3.63) is 100.0 Å². The Balaban J connectivity index is 1.15. The van der Waals surface area contributed by atoms with Crippen LogP contribution in [0.15, 0.2) is 82.7 Å². The standard InChI is InChI=1S/C25H20N6O3S/c32-22(13-21-17-5-1-2-6-18(17)24(34)31-28-21)29-30-23(33)16-11-9-15(10-12-16)14-35-25-26-19-7-3-4-8-20(19)27-25/h1-12H,13-14H2,(H,26,27)(H,29,32)(H,30,33)(H,31,34). The molecule has 9 nitrogen and oxygen atoms in total. The van der Waals surface area contributed by atoms with E-state index in [0.717, 1.165) is 21.8 Å². The number of benzene rings is 3. The van der Waals surface area contributed by atoms with E-state index in [0.29, 0.717) is 27.8 Å². The van der Waals surface area contributed by atoms with Gasteiger partial charge in [0.15, 0.2) is 5.16 Å². The molecule has 174 valence electrons. The SMILES string of the molecule is O=C(Cc1n[nH]c(=O)c2ccccc12)NNC(=O)c1ccc(CSc2nc3ccccc3[nH]2)cc1. The van der Waals surface area contributed by atoms with Gasteiger partial charge < -0.3 is 4.98 Å². The molecule has 2 aromatic heterocycles. The summed E-state index contributed by atoms with van der Waals surface area (Å²) in [4.78, 5) is 44.5. The number of nitrogens with zero attached hydrogens (tertiary/aromatic N) is 2. The van der Waals surface area contributed by atoms with Crippen LogP contribution in [-0.4, -0.2) is 32.0 Å². The molecule has 10 heteroatoms. The molecule has 0 bridgehead atoms. The Labute approximate surface area is 203 Å². The minimum absolute atomic E-state index is 0.102. The lowest BCUT2D eigenvalue weighted by molar-refractivity contribution is -0.121. The zero-order chi connectivity index (χ0) is 24.2. The van der Waals surface area contributed by atoms with E-state index in [-0.39, 0.29) is 12.0 Å². The second-order valence-corrected chi connectivity index (χ2v) is 8.73. The molecule has 4 N–H and O–H groups in total. The molecule has 0 aliphatic rings. The van der Waals surface area contributed by atoms with E-state index in [1.165, 1.54) is 0 Å². The molecule has 2 amide bonds. The number of carbonyl (C=O) groups excluding carboxylic acids is 2. The van der Waals surface area contributed by atoms with Crippen molar-refractivity contribution in [1.29, 1.82) is 0 Å². The molecule has 0 saturated carbocycles. The van der Waals surface area contributed by atoms with Gasteiger partial charge in [-0.2, -0.15) is 5.10 Å². The van der Waals surface area contributed by atoms with Crippen molar-refractivity contribution >= 4 is 45.4 Å². The van der Waals surface area contributed by atoms with Gasteiger partial charge in [-0.1, -0.05) is 54.2 Å². The molecule has 2 heterocycles. The van der Waals surface area contributed by atoms with Crippen LogP contribution in [0.3, 0.4) is 0 Å². The van der Waals surface area contributed by atoms with Gasteiger partial charge in [0, 0.05) is 16.7 Å². The van der Waals surface area contributed by atoms with Crippen LogP contribution in [0.5, 0.6) is 0 Å². The number of nitrogens with one attached hydrogen (secondary N) is 4. The van der Waals surface area contributed by atoms with Crippen LogP contribution in [0, 0.1) is 0 Å². The first-order valence-electron chi connectivity index (χ1n) is 10.8. The summed E-state index contributed by atoms with van der Waals surface area (Å²) < 4.78 is 0. The number of aromatic nitrogens is 4. The average molecular weight is 485 g/mol. The molecule has 0 atom stereocenters. The highest BCUT2D eigenvalue weighted by atomic mass is 32.2. The van der Waals surface area contributed by atoms with Crippen LogP contribution in [0.4, 0.5) is 0 Å². The summed E-state index contributed by atoms with van der Waals surface area (Å²) in [7, 11) is 0. The largest absolute Gasteiger partial charge is 0.333 e. The van der Waals surface area contributed by atoms with E-state index in [1.807, 2.05) is 36.4 Å². The summed E-state index contributed by atoms with van der Waals surface area (Å²) in [6, 6.07) is 21.9. The number of aromatic amines is 2. The summed E-state index contributed by atoms with van der Waals surface area (Å²) in [5, 5.41) is 8.24. The highest BCUT2D eigenvalue weighted by molar-refractivity contribution is 7.98. The summed E-state index contributed by atoms with van der Waals surface area (Å²) in [6.07, 6.45) is -0.102. The van der Waals surface area contributed by atoms with Crippen LogP contribution >= 0.6 is 11.8 Å². The molecule has 0 spiro atoms. The Bertz CT molecular complexity index is 1560. The number of amides is 2. The van der Waals surface area contributed by atoms with Gasteiger partial charge in [-0.05, 0) is 35.9 Å². The molecule has 0 fully saturated rings. The topological polar surface area (TPSA) is 133 Å². The van der Waals surface area contributed by atoms with Crippen LogP contribution in [0.1, 0.15) is 21.6 Å². The molecule has 5 rings (SSSR count). The van der Waals surface area contributed by atoms with Gasteiger partial charge >= 0.3 is 0 Å². The molecule has 35 heavy (non-hydrogen) atoms. The van der Waals surface area contributed by atoms with E-state index in [1.54, 1.807) is 48.2 Å². The zero-order valence-electron chi connectivity index (χ0n) is 18.4. The highest BCUT2D eigenvalue weighted by Gasteiger charge is 2.12. The maximum absolute atomic E-state index is 12.4. The first kappa shape index (κ1) is 22.4. The third-order valence-electron chi connectivity index (χ3n) is 5.38. The molecule has 5 aromatic rings. The normalized spacial score (nSPS) is 11.0. The first-order valence-corrected chi connectivity index (χ1v) is 11.8. The Morgan fingerprint density at radius 2 is 1.63 bits per heavy atom. The van der Waals surface area contributed by atoms with Gasteiger partial charge in [-0.3, -0.25) is 25.2 Å². The number of thioether (sulfide) groups is 1. The zero-order valence-corrected chi connectivity index (χ0v) is 19.2. The minimum Gasteiger partial charge on any atom is -0.333 e. The fourth-order valence-corrected chi connectivity index (χ4v) is 4.44. The Morgan fingerprint density at radius 3 is 2.43 bits per heavy atom. The van der Waals surface area contributed by atoms with Crippen molar-refractivity contribution in [2.75, 3.05) is 0 Å². The minimum atomic E-state index is -0.457. The second kappa shape index (κ2) is 9.82. The molecule has 0 radical (unpaired) electrons. The summed E-state index contributed by atoms with van der Waals surface area (Å²) in [5.74, 6) is -0.200. The van der Waals surface area contributed by atoms with Crippen LogP contribution < -0.4 is 16.4 Å². The van der Waals surface area contributed by atoms with Gasteiger partial charge in [-0.15, -0.1) is 0 Å². The quantitative estimate of drug-likeness (QED) is 0.216. The van der Waals surface area contributed by atoms with Gasteiger partial charge in [-0.25, -0.2) is 10.1 Å². The number of H-pyrrole nitrogens is 2. The van der Waals surface area contributed by atoms with Crippen LogP contribution in [0.25, 0.3) is 21.8 Å². The van der Waals surface area contributed by atoms with Crippen LogP contribution in [-0.2, 0) is 17.0 Å². The maximum Gasteiger partial charge on any atom is 0.272 e. The van der Waals surface area contributed by atoms with Crippen molar-refractivity contribution in [3.8, 4) is 0 Å². The van der Waals surface area contributed by atoms with Crippen molar-refractivity contribution < 1.29 is 9.59 Å². The van der Waals surface area contributed by atoms with Gasteiger partial charge in [0.25, 0.3) is 11.5 Å². The van der Waals surface area contributed by atoms with E-state index in [4.69, 9.17) is 0 Å². The fraction of sp³-hybridized carbons (Fsp3) is 0.0800. The lowest BCUT2D eigenvalue weighted by atomic mass is 10.1. The maximum atomic E-state index is 12.4. The molecular formula is C25H20N6O3S. The number of hydrogen-bond acceptors (Lipinski definition) is 6. The van der Waals surface area contributed by atoms with E-state index < -0.39 is 11.8 Å². The van der Waals surface area contributed by atoms with Gasteiger partial charge in [0.1, 0.15) is 0 Å². The first-order chi connectivity index (χ1) is 17.1. The number of rotatable bonds is 6. The lowest BCUT2D eigenvalue weighted by Crippen LogP contribution is -2.42. The predicted octanol–water partition coefficient (Wildman–Crippen LogP) is 3.10. The van der Waals surface area contributed by atoms with E-state index >= 15 is 0 Å². The Kier molecular flexibility index (Phi) is 6.27. The van der Waals surface area contributed by atoms with Crippen molar-refractivity contribution in [1.82, 2.24) is 31.0 Å². The van der Waals surface area contributed by atoms with Gasteiger partial charge in [0.05, 0.1) is 28.5 Å². The second-order valence-electron chi connectivity index (χ2n) is 7.77. The molecule has 0 saturated heterocycles. The third-order valence-corrected chi connectivity index (χ3v) is 6.32. The third kappa shape index (κ3) is 5.07. The molecule has 0 aliphatic heterocycles. The average Bonchev–Trinajstić information content (AvgIpc) is 3.31. The highest BCUT2D eigenvalue weighted by Crippen LogP contribution is 2.23. The van der Waals surface area contributed by atoms with Crippen molar-refractivity contribution in [2.24, 2.45) is 0 Å². The fourth-order valence-electron chi connectivity index (χ4n) is 3.60. The molecular weight excluding hydrogens is 464 g/mol. The number of imidazole rings is 1. The predicted molar refractivity (Wildman–Crippen MR) is 134 cm³/mol. The van der Waals surface area contributed by atoms with Crippen molar-refractivity contribution in [3.63, 3.8) is 0 Å². The number of hydrazine groups is 1. The molecule has 3 aromatic carbocycles. The number of para-hydroxylation sites is 2. The summed E-state index contributed by atoms with van der Waals surface area (Å²) in [6.45, 7) is 0. The van der Waals surface area contributed by atoms with E-state index in [9.17, 15) is 14.4 Å². The Hall–Kier alpha value is -4.44. The van der Waals surface area contributed by atoms with Crippen LogP contribution in [0.2, 0.25) is 0 Å². The van der Waals surface area contributed by atoms with Crippen molar-refractivity contribution in [2.45, 2.75) is 17.3 Å². The number of hydrogen-bond donors (Lipinski definition) is 4. The number of fused-ring (bicyclic) bond motifs is 2. The molecule has 0 unspecified atom stereocenters. The smallest absolute Gasteiger partial charge is 0.272 e. The lowest BCUT2D eigenvalue weighted by Gasteiger charge is -2.09. The summed E-state index contributed by atoms with van der Waals surface area (Å²) in [5.41, 5.74) is 8.27. The monoisotopic (exact) mass is 484 g/mol. The summed E-state index contributed by atoms with van der Waals surface area (Å²) >= 11 is 1.58. The Morgan fingerprint density at radius 1 is 0.886 bits per heavy atom. The van der Waals surface area contributed by atoms with E-state index in [2.05, 4.69) is 31.0 Å². The molecule has 0 aliphatic carbocycles.